The van der Waals surface area contributed by atoms with Crippen molar-refractivity contribution >= 4 is 33.0 Å². The summed E-state index contributed by atoms with van der Waals surface area (Å²) in [6.07, 6.45) is 0. The first-order valence-electron chi connectivity index (χ1n) is 6.09. The molecule has 0 saturated carbocycles. The summed E-state index contributed by atoms with van der Waals surface area (Å²) in [6, 6.07) is 11.0. The van der Waals surface area contributed by atoms with Gasteiger partial charge in [0.25, 0.3) is 0 Å². The van der Waals surface area contributed by atoms with Crippen LogP contribution < -0.4 is 11.1 Å². The topological polar surface area (TPSA) is 38.0 Å². The van der Waals surface area contributed by atoms with Gasteiger partial charge in [0.1, 0.15) is 5.82 Å². The average molecular weight is 323 g/mol. The fourth-order valence-corrected chi connectivity index (χ4v) is 2.27. The Morgan fingerprint density at radius 1 is 1.16 bits per heavy atom. The van der Waals surface area contributed by atoms with Gasteiger partial charge in [-0.2, -0.15) is 0 Å². The van der Waals surface area contributed by atoms with E-state index in [0.29, 0.717) is 21.8 Å². The molecule has 19 heavy (non-hydrogen) atoms. The number of nitrogens with one attached hydrogen (secondary N) is 1. The Kier molecular flexibility index (Phi) is 4.10. The first-order chi connectivity index (χ1) is 8.99. The van der Waals surface area contributed by atoms with Crippen LogP contribution in [-0.4, -0.2) is 0 Å². The second-order valence-electron chi connectivity index (χ2n) is 4.72. The lowest BCUT2D eigenvalue weighted by Crippen LogP contribution is -2.01. The predicted molar refractivity (Wildman–Crippen MR) is 82.3 cm³/mol. The van der Waals surface area contributed by atoms with E-state index in [0.717, 1.165) is 5.69 Å². The monoisotopic (exact) mass is 322 g/mol. The first-order valence-corrected chi connectivity index (χ1v) is 6.89. The molecule has 2 rings (SSSR count). The van der Waals surface area contributed by atoms with Crippen LogP contribution in [0.5, 0.6) is 0 Å². The zero-order valence-electron chi connectivity index (χ0n) is 10.9. The van der Waals surface area contributed by atoms with Crippen molar-refractivity contribution in [1.29, 1.82) is 0 Å². The fourth-order valence-electron chi connectivity index (χ4n) is 1.93. The lowest BCUT2D eigenvalue weighted by molar-refractivity contribution is 0.622. The van der Waals surface area contributed by atoms with Gasteiger partial charge in [0.15, 0.2) is 0 Å². The highest BCUT2D eigenvalue weighted by molar-refractivity contribution is 9.10. The second kappa shape index (κ2) is 5.61. The Morgan fingerprint density at radius 2 is 1.84 bits per heavy atom. The Morgan fingerprint density at radius 3 is 2.53 bits per heavy atom. The molecular weight excluding hydrogens is 307 g/mol. The molecule has 0 radical (unpaired) electrons. The molecule has 2 aromatic rings. The number of halogens is 2. The third kappa shape index (κ3) is 3.07. The van der Waals surface area contributed by atoms with Gasteiger partial charge in [0.2, 0.25) is 0 Å². The Labute approximate surface area is 121 Å². The van der Waals surface area contributed by atoms with Crippen LogP contribution in [0.25, 0.3) is 0 Å². The largest absolute Gasteiger partial charge is 0.397 e. The standard InChI is InChI=1S/C15H16BrFN2/c1-9(2)10-5-3-4-6-14(10)19-15-7-11(16)12(17)8-13(15)18/h3-9,19H,18H2,1-2H3. The van der Waals surface area contributed by atoms with Gasteiger partial charge in [-0.25, -0.2) is 4.39 Å². The molecule has 2 aromatic carbocycles. The highest BCUT2D eigenvalue weighted by Gasteiger charge is 2.09. The second-order valence-corrected chi connectivity index (χ2v) is 5.57. The van der Waals surface area contributed by atoms with E-state index >= 15 is 0 Å². The molecule has 0 unspecified atom stereocenters. The van der Waals surface area contributed by atoms with E-state index in [1.165, 1.54) is 11.6 Å². The van der Waals surface area contributed by atoms with Crippen LogP contribution in [0.3, 0.4) is 0 Å². The summed E-state index contributed by atoms with van der Waals surface area (Å²) in [5, 5.41) is 3.27. The van der Waals surface area contributed by atoms with Crippen LogP contribution in [0.15, 0.2) is 40.9 Å². The minimum atomic E-state index is -0.361. The summed E-state index contributed by atoms with van der Waals surface area (Å²) in [5.74, 6) is 0.0361. The molecule has 100 valence electrons. The number of hydrogen-bond acceptors (Lipinski definition) is 2. The minimum absolute atomic E-state index is 0.361. The van der Waals surface area contributed by atoms with Crippen molar-refractivity contribution in [2.24, 2.45) is 0 Å². The summed E-state index contributed by atoms with van der Waals surface area (Å²) >= 11 is 3.17. The number of nitrogens with two attached hydrogens (primary N) is 1. The van der Waals surface area contributed by atoms with Crippen molar-refractivity contribution < 1.29 is 4.39 Å². The number of nitrogen functional groups attached to an aromatic ring is 1. The number of benzene rings is 2. The highest BCUT2D eigenvalue weighted by atomic mass is 79.9. The molecule has 0 aliphatic carbocycles. The summed E-state index contributed by atoms with van der Waals surface area (Å²) < 4.78 is 13.7. The van der Waals surface area contributed by atoms with Crippen molar-refractivity contribution in [3.63, 3.8) is 0 Å². The molecule has 0 saturated heterocycles. The Balaban J connectivity index is 2.39. The van der Waals surface area contributed by atoms with Crippen LogP contribution in [0, 0.1) is 5.82 Å². The van der Waals surface area contributed by atoms with Crippen LogP contribution in [-0.2, 0) is 0 Å². The van der Waals surface area contributed by atoms with Gasteiger partial charge in [-0.05, 0) is 39.5 Å². The van der Waals surface area contributed by atoms with E-state index in [1.807, 2.05) is 18.2 Å². The smallest absolute Gasteiger partial charge is 0.139 e. The van der Waals surface area contributed by atoms with Gasteiger partial charge in [0, 0.05) is 11.8 Å². The Hall–Kier alpha value is -1.55. The van der Waals surface area contributed by atoms with Gasteiger partial charge in [0.05, 0.1) is 15.8 Å². The molecule has 4 heteroatoms. The van der Waals surface area contributed by atoms with Gasteiger partial charge < -0.3 is 11.1 Å². The fraction of sp³-hybridized carbons (Fsp3) is 0.200. The molecule has 0 spiro atoms. The highest BCUT2D eigenvalue weighted by Crippen LogP contribution is 2.32. The predicted octanol–water partition coefficient (Wildman–Crippen LogP) is 5.04. The summed E-state index contributed by atoms with van der Waals surface area (Å²) in [4.78, 5) is 0. The van der Waals surface area contributed by atoms with Crippen molar-refractivity contribution in [2.45, 2.75) is 19.8 Å². The molecule has 0 aliphatic heterocycles. The lowest BCUT2D eigenvalue weighted by Gasteiger charge is -2.16. The van der Waals surface area contributed by atoms with Crippen molar-refractivity contribution in [2.75, 3.05) is 11.1 Å². The third-order valence-electron chi connectivity index (χ3n) is 2.94. The minimum Gasteiger partial charge on any atom is -0.397 e. The normalized spacial score (nSPS) is 10.8. The number of hydrogen-bond donors (Lipinski definition) is 2. The molecular formula is C15H16BrFN2. The summed E-state index contributed by atoms with van der Waals surface area (Å²) in [6.45, 7) is 4.26. The van der Waals surface area contributed by atoms with Gasteiger partial charge in [-0.15, -0.1) is 0 Å². The average Bonchev–Trinajstić information content (AvgIpc) is 2.36. The summed E-state index contributed by atoms with van der Waals surface area (Å²) in [5.41, 5.74) is 9.11. The van der Waals surface area contributed by atoms with E-state index in [-0.39, 0.29) is 5.82 Å². The molecule has 0 atom stereocenters. The molecule has 0 heterocycles. The Bertz CT molecular complexity index is 597. The molecule has 0 bridgehead atoms. The number of anilines is 3. The molecule has 0 fully saturated rings. The first kappa shape index (κ1) is 13.9. The zero-order chi connectivity index (χ0) is 14.0. The van der Waals surface area contributed by atoms with Gasteiger partial charge in [-0.1, -0.05) is 32.0 Å². The van der Waals surface area contributed by atoms with Crippen LogP contribution in [0.1, 0.15) is 25.3 Å². The molecule has 0 aliphatic rings. The molecule has 3 N–H and O–H groups in total. The van der Waals surface area contributed by atoms with Crippen LogP contribution in [0.4, 0.5) is 21.5 Å². The van der Waals surface area contributed by atoms with E-state index in [2.05, 4.69) is 41.2 Å². The summed E-state index contributed by atoms with van der Waals surface area (Å²) in [7, 11) is 0. The van der Waals surface area contributed by atoms with Crippen LogP contribution in [0.2, 0.25) is 0 Å². The lowest BCUT2D eigenvalue weighted by atomic mass is 10.0. The van der Waals surface area contributed by atoms with Crippen molar-refractivity contribution in [1.82, 2.24) is 0 Å². The maximum atomic E-state index is 13.4. The van der Waals surface area contributed by atoms with Crippen LogP contribution >= 0.6 is 15.9 Å². The van der Waals surface area contributed by atoms with E-state index in [4.69, 9.17) is 5.73 Å². The number of rotatable bonds is 3. The van der Waals surface area contributed by atoms with Crippen molar-refractivity contribution in [3.05, 3.63) is 52.3 Å². The van der Waals surface area contributed by atoms with Gasteiger partial charge >= 0.3 is 0 Å². The van der Waals surface area contributed by atoms with E-state index in [9.17, 15) is 4.39 Å². The maximum Gasteiger partial charge on any atom is 0.139 e. The molecule has 0 amide bonds. The number of para-hydroxylation sites is 1. The van der Waals surface area contributed by atoms with Crippen molar-refractivity contribution in [3.8, 4) is 0 Å². The SMILES string of the molecule is CC(C)c1ccccc1Nc1cc(Br)c(F)cc1N. The van der Waals surface area contributed by atoms with Gasteiger partial charge in [-0.3, -0.25) is 0 Å². The third-order valence-corrected chi connectivity index (χ3v) is 3.55. The van der Waals surface area contributed by atoms with E-state index in [1.54, 1.807) is 6.07 Å². The quantitative estimate of drug-likeness (QED) is 0.777. The maximum absolute atomic E-state index is 13.4. The molecule has 2 nitrogen and oxygen atoms in total. The van der Waals surface area contributed by atoms with E-state index < -0.39 is 0 Å². The molecule has 0 aromatic heterocycles. The zero-order valence-corrected chi connectivity index (χ0v) is 12.5.